The predicted molar refractivity (Wildman–Crippen MR) is 72.0 cm³/mol. The fourth-order valence-corrected chi connectivity index (χ4v) is 2.92. The number of nitrogen functional groups attached to an aromatic ring is 1. The normalized spacial score (nSPS) is 18.1. The van der Waals surface area contributed by atoms with E-state index >= 15 is 0 Å². The third kappa shape index (κ3) is 1.68. The lowest BCUT2D eigenvalue weighted by atomic mass is 9.99. The van der Waals surface area contributed by atoms with Crippen LogP contribution in [-0.4, -0.2) is 14.5 Å². The number of anilines is 1. The van der Waals surface area contributed by atoms with Crippen molar-refractivity contribution in [2.75, 3.05) is 5.73 Å². The Kier molecular flexibility index (Phi) is 2.58. The van der Waals surface area contributed by atoms with E-state index in [0.717, 1.165) is 16.9 Å². The maximum atomic E-state index is 6.04. The zero-order valence-corrected chi connectivity index (χ0v) is 10.6. The van der Waals surface area contributed by atoms with E-state index in [-0.39, 0.29) is 5.54 Å². The monoisotopic (exact) mass is 242 g/mol. The van der Waals surface area contributed by atoms with Gasteiger partial charge in [0.2, 0.25) is 0 Å². The fraction of sp³-hybridized carbons (Fsp3) is 0.429. The maximum absolute atomic E-state index is 6.04. The first-order chi connectivity index (χ1) is 8.71. The fourth-order valence-electron chi connectivity index (χ4n) is 2.92. The summed E-state index contributed by atoms with van der Waals surface area (Å²) in [6, 6.07) is 1.84. The van der Waals surface area contributed by atoms with E-state index in [2.05, 4.69) is 21.5 Å². The molecule has 18 heavy (non-hydrogen) atoms. The molecule has 0 amide bonds. The standard InChI is InChI=1S/C14H18N4/c1-14(5-2-3-6-14)18-10-17-9-13(18)11-8-16-7-4-12(11)15/h4,7-10H,2-3,5-6H2,1H3,(H2,15,16). The van der Waals surface area contributed by atoms with Gasteiger partial charge in [-0.1, -0.05) is 12.8 Å². The Morgan fingerprint density at radius 1 is 1.22 bits per heavy atom. The number of nitrogens with zero attached hydrogens (tertiary/aromatic N) is 3. The van der Waals surface area contributed by atoms with Crippen LogP contribution in [0.2, 0.25) is 0 Å². The van der Waals surface area contributed by atoms with Gasteiger partial charge in [0.15, 0.2) is 0 Å². The van der Waals surface area contributed by atoms with Gasteiger partial charge in [-0.25, -0.2) is 4.98 Å². The molecule has 2 aromatic heterocycles. The van der Waals surface area contributed by atoms with Gasteiger partial charge in [0.25, 0.3) is 0 Å². The molecule has 1 fully saturated rings. The molecule has 0 aliphatic heterocycles. The molecule has 2 N–H and O–H groups in total. The van der Waals surface area contributed by atoms with E-state index in [1.54, 1.807) is 6.20 Å². The van der Waals surface area contributed by atoms with Crippen LogP contribution in [0.25, 0.3) is 11.3 Å². The molecule has 4 heteroatoms. The number of rotatable bonds is 2. The first kappa shape index (κ1) is 11.3. The Morgan fingerprint density at radius 3 is 2.72 bits per heavy atom. The molecule has 0 aromatic carbocycles. The molecule has 2 aromatic rings. The van der Waals surface area contributed by atoms with E-state index in [0.29, 0.717) is 0 Å². The Bertz CT molecular complexity index is 552. The summed E-state index contributed by atoms with van der Waals surface area (Å²) in [6.07, 6.45) is 12.3. The molecule has 2 heterocycles. The molecule has 1 aliphatic rings. The number of nitrogens with two attached hydrogens (primary N) is 1. The third-order valence-electron chi connectivity index (χ3n) is 4.03. The highest BCUT2D eigenvalue weighted by Gasteiger charge is 2.32. The lowest BCUT2D eigenvalue weighted by Gasteiger charge is -2.28. The Balaban J connectivity index is 2.10. The van der Waals surface area contributed by atoms with Crippen molar-refractivity contribution in [1.82, 2.24) is 14.5 Å². The summed E-state index contributed by atoms with van der Waals surface area (Å²) in [5.41, 5.74) is 9.02. The molecule has 0 atom stereocenters. The van der Waals surface area contributed by atoms with Gasteiger partial charge in [0.05, 0.1) is 18.2 Å². The summed E-state index contributed by atoms with van der Waals surface area (Å²) >= 11 is 0. The van der Waals surface area contributed by atoms with Gasteiger partial charge in [-0.2, -0.15) is 0 Å². The largest absolute Gasteiger partial charge is 0.398 e. The van der Waals surface area contributed by atoms with Crippen molar-refractivity contribution in [3.63, 3.8) is 0 Å². The van der Waals surface area contributed by atoms with Crippen LogP contribution in [0.3, 0.4) is 0 Å². The summed E-state index contributed by atoms with van der Waals surface area (Å²) in [4.78, 5) is 8.48. The van der Waals surface area contributed by atoms with Crippen LogP contribution < -0.4 is 5.73 Å². The molecular weight excluding hydrogens is 224 g/mol. The van der Waals surface area contributed by atoms with Crippen LogP contribution in [0.1, 0.15) is 32.6 Å². The molecule has 0 bridgehead atoms. The van der Waals surface area contributed by atoms with Gasteiger partial charge >= 0.3 is 0 Å². The zero-order valence-electron chi connectivity index (χ0n) is 10.6. The second kappa shape index (κ2) is 4.12. The van der Waals surface area contributed by atoms with Gasteiger partial charge < -0.3 is 10.3 Å². The van der Waals surface area contributed by atoms with Crippen molar-refractivity contribution < 1.29 is 0 Å². The summed E-state index contributed by atoms with van der Waals surface area (Å²) in [7, 11) is 0. The lowest BCUT2D eigenvalue weighted by molar-refractivity contribution is 0.332. The molecule has 0 spiro atoms. The summed E-state index contributed by atoms with van der Waals surface area (Å²) in [5, 5.41) is 0. The molecule has 0 unspecified atom stereocenters. The van der Waals surface area contributed by atoms with Gasteiger partial charge in [0, 0.05) is 29.2 Å². The number of imidazole rings is 1. The van der Waals surface area contributed by atoms with Crippen molar-refractivity contribution in [3.05, 3.63) is 31.0 Å². The quantitative estimate of drug-likeness (QED) is 0.881. The molecule has 3 rings (SSSR count). The van der Waals surface area contributed by atoms with E-state index in [1.165, 1.54) is 25.7 Å². The van der Waals surface area contributed by atoms with Gasteiger partial charge in [0.1, 0.15) is 0 Å². The summed E-state index contributed by atoms with van der Waals surface area (Å²) in [5.74, 6) is 0. The summed E-state index contributed by atoms with van der Waals surface area (Å²) in [6.45, 7) is 2.30. The van der Waals surface area contributed by atoms with Gasteiger partial charge in [-0.05, 0) is 25.8 Å². The second-order valence-corrected chi connectivity index (χ2v) is 5.32. The van der Waals surface area contributed by atoms with E-state index in [9.17, 15) is 0 Å². The molecule has 1 saturated carbocycles. The number of aromatic nitrogens is 3. The number of pyridine rings is 1. The predicted octanol–water partition coefficient (Wildman–Crippen LogP) is 2.82. The second-order valence-electron chi connectivity index (χ2n) is 5.32. The highest BCUT2D eigenvalue weighted by atomic mass is 15.1. The van der Waals surface area contributed by atoms with E-state index < -0.39 is 0 Å². The molecule has 1 aliphatic carbocycles. The minimum atomic E-state index is 0.175. The van der Waals surface area contributed by atoms with E-state index in [4.69, 9.17) is 5.73 Å². The average Bonchev–Trinajstić information content (AvgIpc) is 2.99. The van der Waals surface area contributed by atoms with Crippen molar-refractivity contribution >= 4 is 5.69 Å². The Morgan fingerprint density at radius 2 is 2.00 bits per heavy atom. The summed E-state index contributed by atoms with van der Waals surface area (Å²) < 4.78 is 2.27. The van der Waals surface area contributed by atoms with Crippen molar-refractivity contribution in [2.45, 2.75) is 38.1 Å². The highest BCUT2D eigenvalue weighted by molar-refractivity contribution is 5.72. The average molecular weight is 242 g/mol. The SMILES string of the molecule is CC1(n2cncc2-c2cnccc2N)CCCC1. The Hall–Kier alpha value is -1.84. The molecule has 94 valence electrons. The Labute approximate surface area is 107 Å². The number of hydrogen-bond acceptors (Lipinski definition) is 3. The van der Waals surface area contributed by atoms with Crippen LogP contribution in [-0.2, 0) is 5.54 Å². The topological polar surface area (TPSA) is 56.7 Å². The smallest absolute Gasteiger partial charge is 0.0956 e. The van der Waals surface area contributed by atoms with Crippen molar-refractivity contribution in [1.29, 1.82) is 0 Å². The molecule has 4 nitrogen and oxygen atoms in total. The van der Waals surface area contributed by atoms with Crippen LogP contribution in [0.4, 0.5) is 5.69 Å². The van der Waals surface area contributed by atoms with E-state index in [1.807, 2.05) is 24.8 Å². The van der Waals surface area contributed by atoms with Crippen LogP contribution in [0, 0.1) is 0 Å². The lowest BCUT2D eigenvalue weighted by Crippen LogP contribution is -2.26. The zero-order chi connectivity index (χ0) is 12.6. The van der Waals surface area contributed by atoms with Crippen LogP contribution in [0.15, 0.2) is 31.0 Å². The minimum Gasteiger partial charge on any atom is -0.398 e. The first-order valence-electron chi connectivity index (χ1n) is 6.43. The molecular formula is C14H18N4. The maximum Gasteiger partial charge on any atom is 0.0956 e. The molecule has 0 saturated heterocycles. The van der Waals surface area contributed by atoms with Crippen molar-refractivity contribution in [3.8, 4) is 11.3 Å². The van der Waals surface area contributed by atoms with Crippen LogP contribution in [0.5, 0.6) is 0 Å². The van der Waals surface area contributed by atoms with Gasteiger partial charge in [-0.3, -0.25) is 4.98 Å². The minimum absolute atomic E-state index is 0.175. The first-order valence-corrected chi connectivity index (χ1v) is 6.43. The van der Waals surface area contributed by atoms with Gasteiger partial charge in [-0.15, -0.1) is 0 Å². The number of hydrogen-bond donors (Lipinski definition) is 1. The van der Waals surface area contributed by atoms with Crippen molar-refractivity contribution in [2.24, 2.45) is 0 Å². The highest BCUT2D eigenvalue weighted by Crippen LogP contribution is 2.39. The third-order valence-corrected chi connectivity index (χ3v) is 4.03. The van der Waals surface area contributed by atoms with Crippen LogP contribution >= 0.6 is 0 Å². The molecule has 0 radical (unpaired) electrons.